The number of rotatable bonds is 3. The lowest BCUT2D eigenvalue weighted by Crippen LogP contribution is -2.41. The average Bonchev–Trinajstić information content (AvgIpc) is 3.31. The standard InChI is InChI=1S/C21H25N7O2/c1-26(2)21(29)28-10-14-9-27(20-16(8-22)19(23)24-12-25-20)11-17(14)18(28)13-4-6-15(30-3)7-5-13/h4-7,12,14,17-18H,9-11H2,1-3H3,(H2,23,24,25)/t14-,17-,18+/m1/s1. The molecule has 3 heterocycles. The fourth-order valence-corrected chi connectivity index (χ4v) is 4.64. The van der Waals surface area contributed by atoms with E-state index in [0.717, 1.165) is 11.3 Å². The second-order valence-electron chi connectivity index (χ2n) is 7.95. The number of benzene rings is 1. The van der Waals surface area contributed by atoms with E-state index >= 15 is 0 Å². The minimum Gasteiger partial charge on any atom is -0.497 e. The van der Waals surface area contributed by atoms with Gasteiger partial charge in [0.1, 0.15) is 29.5 Å². The number of fused-ring (bicyclic) bond motifs is 1. The number of anilines is 2. The summed E-state index contributed by atoms with van der Waals surface area (Å²) in [5.74, 6) is 2.02. The van der Waals surface area contributed by atoms with Gasteiger partial charge in [0.15, 0.2) is 5.82 Å². The van der Waals surface area contributed by atoms with Crippen molar-refractivity contribution in [1.82, 2.24) is 19.8 Å². The van der Waals surface area contributed by atoms with Crippen molar-refractivity contribution in [2.45, 2.75) is 6.04 Å². The fourth-order valence-electron chi connectivity index (χ4n) is 4.64. The van der Waals surface area contributed by atoms with Gasteiger partial charge in [-0.25, -0.2) is 14.8 Å². The van der Waals surface area contributed by atoms with Crippen molar-refractivity contribution >= 4 is 17.7 Å². The molecule has 0 saturated carbocycles. The molecule has 0 aliphatic carbocycles. The summed E-state index contributed by atoms with van der Waals surface area (Å²) >= 11 is 0. The number of aromatic nitrogens is 2. The molecular formula is C21H25N7O2. The predicted molar refractivity (Wildman–Crippen MR) is 112 cm³/mol. The van der Waals surface area contributed by atoms with E-state index in [4.69, 9.17) is 10.5 Å². The van der Waals surface area contributed by atoms with E-state index in [0.29, 0.717) is 31.0 Å². The zero-order valence-electron chi connectivity index (χ0n) is 17.3. The fraction of sp³-hybridized carbons (Fsp3) is 0.429. The minimum absolute atomic E-state index is 0.000706. The van der Waals surface area contributed by atoms with Gasteiger partial charge in [-0.1, -0.05) is 12.1 Å². The molecule has 1 aromatic heterocycles. The van der Waals surface area contributed by atoms with Crippen LogP contribution in [-0.4, -0.2) is 66.6 Å². The number of nitrogen functional groups attached to an aromatic ring is 1. The molecule has 9 heteroatoms. The van der Waals surface area contributed by atoms with Crippen molar-refractivity contribution in [2.24, 2.45) is 11.8 Å². The third-order valence-corrected chi connectivity index (χ3v) is 6.02. The normalized spacial score (nSPS) is 22.5. The number of carbonyl (C=O) groups is 1. The predicted octanol–water partition coefficient (Wildman–Crippen LogP) is 1.73. The molecule has 2 aliphatic rings. The van der Waals surface area contributed by atoms with Crippen LogP contribution in [0.3, 0.4) is 0 Å². The molecular weight excluding hydrogens is 382 g/mol. The smallest absolute Gasteiger partial charge is 0.320 e. The van der Waals surface area contributed by atoms with E-state index in [9.17, 15) is 10.1 Å². The first kappa shape index (κ1) is 19.8. The third-order valence-electron chi connectivity index (χ3n) is 6.02. The van der Waals surface area contributed by atoms with Crippen molar-refractivity contribution in [3.05, 3.63) is 41.7 Å². The van der Waals surface area contributed by atoms with Crippen LogP contribution in [0.1, 0.15) is 17.2 Å². The molecule has 0 spiro atoms. The minimum atomic E-state index is -0.0643. The van der Waals surface area contributed by atoms with Crippen molar-refractivity contribution in [3.8, 4) is 11.8 Å². The van der Waals surface area contributed by atoms with Crippen LogP contribution in [0.4, 0.5) is 16.4 Å². The number of nitrogens with zero attached hydrogens (tertiary/aromatic N) is 6. The summed E-state index contributed by atoms with van der Waals surface area (Å²) in [6.07, 6.45) is 1.39. The Bertz CT molecular complexity index is 986. The lowest BCUT2D eigenvalue weighted by Gasteiger charge is -2.32. The van der Waals surface area contributed by atoms with Gasteiger partial charge in [-0.3, -0.25) is 0 Å². The van der Waals surface area contributed by atoms with Crippen LogP contribution in [0.25, 0.3) is 0 Å². The Morgan fingerprint density at radius 3 is 2.60 bits per heavy atom. The summed E-state index contributed by atoms with van der Waals surface area (Å²) < 4.78 is 5.29. The average molecular weight is 407 g/mol. The van der Waals surface area contributed by atoms with E-state index in [2.05, 4.69) is 20.9 Å². The number of methoxy groups -OCH3 is 1. The molecule has 0 radical (unpaired) electrons. The number of nitriles is 1. The Kier molecular flexibility index (Phi) is 5.08. The van der Waals surface area contributed by atoms with E-state index in [1.54, 1.807) is 26.1 Å². The van der Waals surface area contributed by atoms with Crippen LogP contribution in [-0.2, 0) is 0 Å². The summed E-state index contributed by atoms with van der Waals surface area (Å²) in [6.45, 7) is 2.04. The van der Waals surface area contributed by atoms with E-state index < -0.39 is 0 Å². The Labute approximate surface area is 175 Å². The first-order chi connectivity index (χ1) is 14.4. The Morgan fingerprint density at radius 2 is 1.97 bits per heavy atom. The molecule has 156 valence electrons. The summed E-state index contributed by atoms with van der Waals surface area (Å²) in [5, 5.41) is 9.51. The SMILES string of the molecule is COc1ccc([C@H]2[C@@H]3CN(c4ncnc(N)c4C#N)C[C@@H]3CN2C(=O)N(C)C)cc1. The quantitative estimate of drug-likeness (QED) is 0.825. The maximum atomic E-state index is 12.9. The lowest BCUT2D eigenvalue weighted by molar-refractivity contribution is 0.159. The van der Waals surface area contributed by atoms with Crippen LogP contribution in [0.2, 0.25) is 0 Å². The molecule has 3 atom stereocenters. The number of urea groups is 1. The number of likely N-dealkylation sites (tertiary alicyclic amines) is 1. The molecule has 2 saturated heterocycles. The molecule has 2 fully saturated rings. The van der Waals surface area contributed by atoms with Gasteiger partial charge in [0.2, 0.25) is 0 Å². The van der Waals surface area contributed by atoms with Crippen molar-refractivity contribution in [1.29, 1.82) is 5.26 Å². The molecule has 2 aliphatic heterocycles. The maximum absolute atomic E-state index is 12.9. The zero-order valence-corrected chi connectivity index (χ0v) is 17.3. The highest BCUT2D eigenvalue weighted by atomic mass is 16.5. The van der Waals surface area contributed by atoms with Crippen LogP contribution in [0.15, 0.2) is 30.6 Å². The summed E-state index contributed by atoms with van der Waals surface area (Å²) in [5.41, 5.74) is 7.26. The second kappa shape index (κ2) is 7.71. The van der Waals surface area contributed by atoms with Gasteiger partial charge in [0.05, 0.1) is 13.2 Å². The molecule has 30 heavy (non-hydrogen) atoms. The lowest BCUT2D eigenvalue weighted by atomic mass is 9.89. The summed E-state index contributed by atoms with van der Waals surface area (Å²) in [7, 11) is 5.19. The van der Waals surface area contributed by atoms with Crippen LogP contribution < -0.4 is 15.4 Å². The molecule has 2 amide bonds. The van der Waals surface area contributed by atoms with Gasteiger partial charge < -0.3 is 25.2 Å². The van der Waals surface area contributed by atoms with Crippen molar-refractivity contribution in [2.75, 3.05) is 51.5 Å². The van der Waals surface area contributed by atoms with Crippen LogP contribution in [0.5, 0.6) is 5.75 Å². The Morgan fingerprint density at radius 1 is 1.23 bits per heavy atom. The number of hydrogen-bond acceptors (Lipinski definition) is 7. The summed E-state index contributed by atoms with van der Waals surface area (Å²) in [6, 6.07) is 9.95. The van der Waals surface area contributed by atoms with Gasteiger partial charge >= 0.3 is 6.03 Å². The number of ether oxygens (including phenoxy) is 1. The molecule has 2 aromatic rings. The van der Waals surface area contributed by atoms with Gasteiger partial charge in [-0.05, 0) is 17.7 Å². The highest BCUT2D eigenvalue weighted by Gasteiger charge is 2.50. The van der Waals surface area contributed by atoms with Crippen molar-refractivity contribution < 1.29 is 9.53 Å². The van der Waals surface area contributed by atoms with Gasteiger partial charge in [0, 0.05) is 45.6 Å². The van der Waals surface area contributed by atoms with E-state index in [-0.39, 0.29) is 29.7 Å². The van der Waals surface area contributed by atoms with E-state index in [1.807, 2.05) is 29.2 Å². The van der Waals surface area contributed by atoms with E-state index in [1.165, 1.54) is 6.33 Å². The highest BCUT2D eigenvalue weighted by molar-refractivity contribution is 5.75. The second-order valence-corrected chi connectivity index (χ2v) is 7.95. The summed E-state index contributed by atoms with van der Waals surface area (Å²) in [4.78, 5) is 26.8. The number of amides is 2. The molecule has 9 nitrogen and oxygen atoms in total. The molecule has 4 rings (SSSR count). The Hall–Kier alpha value is -3.54. The monoisotopic (exact) mass is 407 g/mol. The topological polar surface area (TPSA) is 112 Å². The molecule has 0 unspecified atom stereocenters. The maximum Gasteiger partial charge on any atom is 0.320 e. The number of carbonyl (C=O) groups excluding carboxylic acids is 1. The third kappa shape index (κ3) is 3.24. The number of hydrogen-bond donors (Lipinski definition) is 1. The molecule has 0 bridgehead atoms. The Balaban J connectivity index is 1.67. The first-order valence-electron chi connectivity index (χ1n) is 9.82. The van der Waals surface area contributed by atoms with Crippen LogP contribution in [0, 0.1) is 23.2 Å². The first-order valence-corrected chi connectivity index (χ1v) is 9.82. The largest absolute Gasteiger partial charge is 0.497 e. The number of nitrogens with two attached hydrogens (primary N) is 1. The highest BCUT2D eigenvalue weighted by Crippen LogP contribution is 2.46. The zero-order chi connectivity index (χ0) is 21.4. The molecule has 2 N–H and O–H groups in total. The van der Waals surface area contributed by atoms with Crippen molar-refractivity contribution in [3.63, 3.8) is 0 Å². The van der Waals surface area contributed by atoms with Gasteiger partial charge in [0.25, 0.3) is 0 Å². The van der Waals surface area contributed by atoms with Crippen LogP contribution >= 0.6 is 0 Å². The van der Waals surface area contributed by atoms with Gasteiger partial charge in [-0.2, -0.15) is 5.26 Å². The van der Waals surface area contributed by atoms with Gasteiger partial charge in [-0.15, -0.1) is 0 Å². The molecule has 1 aromatic carbocycles.